The van der Waals surface area contributed by atoms with E-state index in [1.54, 1.807) is 6.07 Å². The summed E-state index contributed by atoms with van der Waals surface area (Å²) in [6, 6.07) is 5.75. The van der Waals surface area contributed by atoms with Gasteiger partial charge >= 0.3 is 0 Å². The molecule has 0 amide bonds. The number of hydrogen-bond acceptors (Lipinski definition) is 2. The van der Waals surface area contributed by atoms with E-state index in [0.29, 0.717) is 11.7 Å². The van der Waals surface area contributed by atoms with Gasteiger partial charge in [0.15, 0.2) is 0 Å². The molecule has 0 saturated heterocycles. The molecule has 14 heavy (non-hydrogen) atoms. The van der Waals surface area contributed by atoms with Gasteiger partial charge < -0.3 is 10.8 Å². The number of aryl methyl sites for hydroxylation is 1. The molecule has 0 heterocycles. The number of fused-ring (bicyclic) bond motifs is 1. The van der Waals surface area contributed by atoms with Crippen LogP contribution in [0.5, 0.6) is 5.75 Å². The van der Waals surface area contributed by atoms with Gasteiger partial charge in [-0.15, -0.1) is 0 Å². The second kappa shape index (κ2) is 4.01. The monoisotopic (exact) mass is 191 g/mol. The molecule has 1 unspecified atom stereocenters. The zero-order chi connectivity index (χ0) is 9.97. The highest BCUT2D eigenvalue weighted by Gasteiger charge is 2.19. The molecular weight excluding hydrogens is 174 g/mol. The summed E-state index contributed by atoms with van der Waals surface area (Å²) in [6.45, 7) is 0.755. The Morgan fingerprint density at radius 3 is 3.07 bits per heavy atom. The van der Waals surface area contributed by atoms with Gasteiger partial charge in [0.2, 0.25) is 0 Å². The first-order chi connectivity index (χ1) is 6.81. The van der Waals surface area contributed by atoms with Crippen molar-refractivity contribution in [2.24, 2.45) is 5.73 Å². The minimum Gasteiger partial charge on any atom is -0.508 e. The van der Waals surface area contributed by atoms with Crippen molar-refractivity contribution >= 4 is 0 Å². The molecule has 1 aromatic carbocycles. The summed E-state index contributed by atoms with van der Waals surface area (Å²) >= 11 is 0. The summed E-state index contributed by atoms with van der Waals surface area (Å²) in [6.07, 6.45) is 4.64. The fourth-order valence-electron chi connectivity index (χ4n) is 2.40. The van der Waals surface area contributed by atoms with Crippen LogP contribution >= 0.6 is 0 Å². The predicted molar refractivity (Wildman–Crippen MR) is 57.5 cm³/mol. The van der Waals surface area contributed by atoms with E-state index < -0.39 is 0 Å². The van der Waals surface area contributed by atoms with Crippen molar-refractivity contribution in [3.8, 4) is 5.75 Å². The molecule has 1 aliphatic rings. The summed E-state index contributed by atoms with van der Waals surface area (Å²) in [5.74, 6) is 1.00. The van der Waals surface area contributed by atoms with Gasteiger partial charge in [-0.3, -0.25) is 0 Å². The van der Waals surface area contributed by atoms with Crippen LogP contribution < -0.4 is 5.73 Å². The average Bonchev–Trinajstić information content (AvgIpc) is 2.18. The summed E-state index contributed by atoms with van der Waals surface area (Å²) in [5, 5.41) is 9.38. The first kappa shape index (κ1) is 9.53. The lowest BCUT2D eigenvalue weighted by atomic mass is 9.81. The third kappa shape index (κ3) is 1.75. The highest BCUT2D eigenvalue weighted by Crippen LogP contribution is 2.35. The highest BCUT2D eigenvalue weighted by molar-refractivity contribution is 5.38. The van der Waals surface area contributed by atoms with Crippen LogP contribution in [0.4, 0.5) is 0 Å². The molecule has 0 spiro atoms. The number of phenols is 1. The van der Waals surface area contributed by atoms with Gasteiger partial charge in [-0.2, -0.15) is 0 Å². The number of benzene rings is 1. The van der Waals surface area contributed by atoms with Crippen LogP contribution in [-0.4, -0.2) is 11.7 Å². The summed E-state index contributed by atoms with van der Waals surface area (Å²) in [4.78, 5) is 0. The number of rotatable bonds is 2. The van der Waals surface area contributed by atoms with Gasteiger partial charge in [0.1, 0.15) is 5.75 Å². The van der Waals surface area contributed by atoms with E-state index in [1.807, 2.05) is 6.07 Å². The average molecular weight is 191 g/mol. The smallest absolute Gasteiger partial charge is 0.115 e. The summed E-state index contributed by atoms with van der Waals surface area (Å²) in [5.41, 5.74) is 8.31. The topological polar surface area (TPSA) is 46.2 Å². The van der Waals surface area contributed by atoms with Gasteiger partial charge in [0.05, 0.1) is 0 Å². The van der Waals surface area contributed by atoms with Crippen molar-refractivity contribution in [3.05, 3.63) is 29.3 Å². The molecule has 0 bridgehead atoms. The molecule has 0 radical (unpaired) electrons. The van der Waals surface area contributed by atoms with Crippen molar-refractivity contribution in [1.29, 1.82) is 0 Å². The first-order valence-corrected chi connectivity index (χ1v) is 5.33. The maximum atomic E-state index is 9.38. The molecule has 0 saturated carbocycles. The fraction of sp³-hybridized carbons (Fsp3) is 0.500. The molecule has 0 fully saturated rings. The molecule has 1 aromatic rings. The molecular formula is C12H17NO. The van der Waals surface area contributed by atoms with Crippen molar-refractivity contribution < 1.29 is 5.11 Å². The van der Waals surface area contributed by atoms with E-state index in [-0.39, 0.29) is 0 Å². The number of nitrogens with two attached hydrogens (primary N) is 1. The van der Waals surface area contributed by atoms with Crippen molar-refractivity contribution in [3.63, 3.8) is 0 Å². The summed E-state index contributed by atoms with van der Waals surface area (Å²) in [7, 11) is 0. The SMILES string of the molecule is NCCC1CCCc2cc(O)ccc21. The molecule has 1 aliphatic carbocycles. The van der Waals surface area contributed by atoms with Crippen LogP contribution in [0.25, 0.3) is 0 Å². The van der Waals surface area contributed by atoms with Crippen LogP contribution in [0.2, 0.25) is 0 Å². The lowest BCUT2D eigenvalue weighted by molar-refractivity contribution is 0.469. The van der Waals surface area contributed by atoms with Gasteiger partial charge in [-0.1, -0.05) is 6.07 Å². The zero-order valence-corrected chi connectivity index (χ0v) is 8.37. The Morgan fingerprint density at radius 2 is 2.29 bits per heavy atom. The molecule has 2 nitrogen and oxygen atoms in total. The Hall–Kier alpha value is -1.02. The Morgan fingerprint density at radius 1 is 1.43 bits per heavy atom. The van der Waals surface area contributed by atoms with Crippen molar-refractivity contribution in [2.45, 2.75) is 31.6 Å². The maximum Gasteiger partial charge on any atom is 0.115 e. The lowest BCUT2D eigenvalue weighted by Crippen LogP contribution is -2.13. The van der Waals surface area contributed by atoms with E-state index in [9.17, 15) is 5.11 Å². The van der Waals surface area contributed by atoms with Crippen LogP contribution in [0, 0.1) is 0 Å². The van der Waals surface area contributed by atoms with Crippen LogP contribution in [0.15, 0.2) is 18.2 Å². The number of hydrogen-bond donors (Lipinski definition) is 2. The molecule has 2 rings (SSSR count). The second-order valence-corrected chi connectivity index (χ2v) is 4.05. The largest absolute Gasteiger partial charge is 0.508 e. The fourth-order valence-corrected chi connectivity index (χ4v) is 2.40. The van der Waals surface area contributed by atoms with E-state index in [2.05, 4.69) is 6.07 Å². The Balaban J connectivity index is 2.30. The highest BCUT2D eigenvalue weighted by atomic mass is 16.3. The van der Waals surface area contributed by atoms with Gasteiger partial charge in [-0.05, 0) is 61.4 Å². The Bertz CT molecular complexity index is 322. The van der Waals surface area contributed by atoms with Crippen LogP contribution in [-0.2, 0) is 6.42 Å². The third-order valence-electron chi connectivity index (χ3n) is 3.08. The Labute approximate surface area is 84.7 Å². The Kier molecular flexibility index (Phi) is 2.73. The molecule has 3 N–H and O–H groups in total. The molecule has 0 aliphatic heterocycles. The van der Waals surface area contributed by atoms with Gasteiger partial charge in [-0.25, -0.2) is 0 Å². The maximum absolute atomic E-state index is 9.38. The minimum absolute atomic E-state index is 0.386. The predicted octanol–water partition coefficient (Wildman–Crippen LogP) is 2.16. The van der Waals surface area contributed by atoms with Crippen molar-refractivity contribution in [2.75, 3.05) is 6.54 Å². The standard InChI is InChI=1S/C12H17NO/c13-7-6-9-2-1-3-10-8-11(14)4-5-12(9)10/h4-5,8-9,14H,1-3,6-7,13H2. The molecule has 1 atom stereocenters. The zero-order valence-electron chi connectivity index (χ0n) is 8.37. The second-order valence-electron chi connectivity index (χ2n) is 4.05. The number of aromatic hydroxyl groups is 1. The van der Waals surface area contributed by atoms with E-state index in [4.69, 9.17) is 5.73 Å². The van der Waals surface area contributed by atoms with Crippen LogP contribution in [0.1, 0.15) is 36.3 Å². The van der Waals surface area contributed by atoms with E-state index >= 15 is 0 Å². The van der Waals surface area contributed by atoms with Crippen LogP contribution in [0.3, 0.4) is 0 Å². The molecule has 76 valence electrons. The van der Waals surface area contributed by atoms with Crippen molar-refractivity contribution in [1.82, 2.24) is 0 Å². The quantitative estimate of drug-likeness (QED) is 0.752. The lowest BCUT2D eigenvalue weighted by Gasteiger charge is -2.25. The van der Waals surface area contributed by atoms with E-state index in [0.717, 1.165) is 19.4 Å². The molecule has 2 heteroatoms. The van der Waals surface area contributed by atoms with Gasteiger partial charge in [0.25, 0.3) is 0 Å². The third-order valence-corrected chi connectivity index (χ3v) is 3.08. The first-order valence-electron chi connectivity index (χ1n) is 5.33. The van der Waals surface area contributed by atoms with E-state index in [1.165, 1.54) is 24.0 Å². The molecule has 0 aromatic heterocycles. The summed E-state index contributed by atoms with van der Waals surface area (Å²) < 4.78 is 0. The minimum atomic E-state index is 0.386. The van der Waals surface area contributed by atoms with Gasteiger partial charge in [0, 0.05) is 0 Å². The normalized spacial score (nSPS) is 20.5. The number of phenolic OH excluding ortho intramolecular Hbond substituents is 1.